The van der Waals surface area contributed by atoms with E-state index in [2.05, 4.69) is 17.2 Å². The fourth-order valence-electron chi connectivity index (χ4n) is 1.61. The molecule has 0 aliphatic heterocycles. The van der Waals surface area contributed by atoms with Crippen molar-refractivity contribution in [3.63, 3.8) is 0 Å². The molecule has 3 heteroatoms. The minimum Gasteiger partial charge on any atom is -0.489 e. The van der Waals surface area contributed by atoms with Crippen LogP contribution in [0.1, 0.15) is 11.1 Å². The Kier molecular flexibility index (Phi) is 4.56. The Bertz CT molecular complexity index is 535. The van der Waals surface area contributed by atoms with Gasteiger partial charge in [0.15, 0.2) is 0 Å². The zero-order chi connectivity index (χ0) is 13.5. The number of hydrazone groups is 1. The predicted octanol–water partition coefficient (Wildman–Crippen LogP) is 3.16. The van der Waals surface area contributed by atoms with Gasteiger partial charge in [-0.3, -0.25) is 0 Å². The van der Waals surface area contributed by atoms with E-state index >= 15 is 0 Å². The van der Waals surface area contributed by atoms with E-state index in [0.29, 0.717) is 6.61 Å². The Morgan fingerprint density at radius 1 is 1.05 bits per heavy atom. The second kappa shape index (κ2) is 6.59. The Labute approximate surface area is 114 Å². The zero-order valence-corrected chi connectivity index (χ0v) is 11.3. The quantitative estimate of drug-likeness (QED) is 0.605. The van der Waals surface area contributed by atoms with Crippen LogP contribution in [0.3, 0.4) is 0 Å². The lowest BCUT2D eigenvalue weighted by molar-refractivity contribution is 0.306. The summed E-state index contributed by atoms with van der Waals surface area (Å²) >= 11 is 0. The summed E-state index contributed by atoms with van der Waals surface area (Å²) in [5.74, 6) is 0.853. The maximum Gasteiger partial charge on any atom is 0.120 e. The lowest BCUT2D eigenvalue weighted by atomic mass is 10.2. The Balaban J connectivity index is 1.99. The molecule has 0 bridgehead atoms. The molecule has 0 saturated heterocycles. The van der Waals surface area contributed by atoms with Crippen LogP contribution >= 0.6 is 0 Å². The van der Waals surface area contributed by atoms with Crippen molar-refractivity contribution in [2.24, 2.45) is 5.10 Å². The van der Waals surface area contributed by atoms with Crippen LogP contribution in [0, 0.1) is 0 Å². The van der Waals surface area contributed by atoms with Crippen LogP contribution in [0.25, 0.3) is 0 Å². The van der Waals surface area contributed by atoms with Gasteiger partial charge in [-0.25, -0.2) is 0 Å². The van der Waals surface area contributed by atoms with Crippen LogP contribution in [0.5, 0.6) is 5.75 Å². The summed E-state index contributed by atoms with van der Waals surface area (Å²) in [7, 11) is 3.79. The standard InChI is InChI=1S/C16H18N2O/c1-18(2)17-12-15-9-6-10-16(11-15)19-13-14-7-4-3-5-8-14/h3-12H,13H2,1-2H3. The highest BCUT2D eigenvalue weighted by atomic mass is 16.5. The molecule has 0 radical (unpaired) electrons. The Hall–Kier alpha value is -2.29. The largest absolute Gasteiger partial charge is 0.489 e. The number of hydrogen-bond donors (Lipinski definition) is 0. The maximum absolute atomic E-state index is 5.76. The van der Waals surface area contributed by atoms with Gasteiger partial charge in [0.1, 0.15) is 12.4 Å². The van der Waals surface area contributed by atoms with Crippen LogP contribution in [-0.2, 0) is 6.61 Å². The number of benzene rings is 2. The summed E-state index contributed by atoms with van der Waals surface area (Å²) in [6.45, 7) is 0.578. The van der Waals surface area contributed by atoms with Gasteiger partial charge in [-0.2, -0.15) is 5.10 Å². The minimum absolute atomic E-state index is 0.578. The summed E-state index contributed by atoms with van der Waals surface area (Å²) in [4.78, 5) is 0. The highest BCUT2D eigenvalue weighted by Crippen LogP contribution is 2.14. The fraction of sp³-hybridized carbons (Fsp3) is 0.188. The van der Waals surface area contributed by atoms with Crippen LogP contribution < -0.4 is 4.74 Å². The minimum atomic E-state index is 0.578. The number of hydrogen-bond acceptors (Lipinski definition) is 3. The molecule has 0 spiro atoms. The van der Waals surface area contributed by atoms with E-state index in [0.717, 1.165) is 16.9 Å². The lowest BCUT2D eigenvalue weighted by Gasteiger charge is -2.07. The second-order valence-corrected chi connectivity index (χ2v) is 4.44. The molecule has 0 heterocycles. The Morgan fingerprint density at radius 2 is 1.84 bits per heavy atom. The Morgan fingerprint density at radius 3 is 2.58 bits per heavy atom. The predicted molar refractivity (Wildman–Crippen MR) is 78.5 cm³/mol. The van der Waals surface area contributed by atoms with E-state index in [1.165, 1.54) is 0 Å². The molecule has 0 aliphatic rings. The van der Waals surface area contributed by atoms with Crippen molar-refractivity contribution in [1.29, 1.82) is 0 Å². The third-order valence-corrected chi connectivity index (χ3v) is 2.54. The molecule has 0 amide bonds. The van der Waals surface area contributed by atoms with Crippen molar-refractivity contribution in [2.45, 2.75) is 6.61 Å². The van der Waals surface area contributed by atoms with Crippen LogP contribution in [0.2, 0.25) is 0 Å². The zero-order valence-electron chi connectivity index (χ0n) is 11.3. The van der Waals surface area contributed by atoms with E-state index in [9.17, 15) is 0 Å². The van der Waals surface area contributed by atoms with Gasteiger partial charge < -0.3 is 9.75 Å². The molecule has 0 unspecified atom stereocenters. The first-order valence-electron chi connectivity index (χ1n) is 6.22. The molecule has 2 aromatic carbocycles. The third kappa shape index (κ3) is 4.47. The summed E-state index contributed by atoms with van der Waals surface area (Å²) < 4.78 is 5.76. The van der Waals surface area contributed by atoms with Gasteiger partial charge in [0.05, 0.1) is 6.21 Å². The highest BCUT2D eigenvalue weighted by molar-refractivity contribution is 5.79. The van der Waals surface area contributed by atoms with Crippen molar-refractivity contribution in [3.05, 3.63) is 65.7 Å². The first-order chi connectivity index (χ1) is 9.24. The van der Waals surface area contributed by atoms with E-state index in [1.807, 2.05) is 62.8 Å². The summed E-state index contributed by atoms with van der Waals surface area (Å²) in [6.07, 6.45) is 1.81. The molecule has 0 saturated carbocycles. The first-order valence-corrected chi connectivity index (χ1v) is 6.22. The van der Waals surface area contributed by atoms with Gasteiger partial charge in [-0.15, -0.1) is 0 Å². The number of ether oxygens (including phenoxy) is 1. The molecule has 2 rings (SSSR count). The molecule has 0 atom stereocenters. The molecule has 19 heavy (non-hydrogen) atoms. The van der Waals surface area contributed by atoms with Crippen molar-refractivity contribution in [2.75, 3.05) is 14.1 Å². The normalized spacial score (nSPS) is 10.6. The second-order valence-electron chi connectivity index (χ2n) is 4.44. The smallest absolute Gasteiger partial charge is 0.120 e. The van der Waals surface area contributed by atoms with Gasteiger partial charge in [-0.1, -0.05) is 42.5 Å². The van der Waals surface area contributed by atoms with Gasteiger partial charge >= 0.3 is 0 Å². The van der Waals surface area contributed by atoms with E-state index in [-0.39, 0.29) is 0 Å². The average molecular weight is 254 g/mol. The lowest BCUT2D eigenvalue weighted by Crippen LogP contribution is -2.02. The van der Waals surface area contributed by atoms with Gasteiger partial charge in [0.25, 0.3) is 0 Å². The molecule has 0 fully saturated rings. The van der Waals surface area contributed by atoms with Gasteiger partial charge in [-0.05, 0) is 23.3 Å². The van der Waals surface area contributed by atoms with Crippen LogP contribution in [-0.4, -0.2) is 25.3 Å². The molecular weight excluding hydrogens is 236 g/mol. The van der Waals surface area contributed by atoms with Gasteiger partial charge in [0.2, 0.25) is 0 Å². The number of nitrogens with zero attached hydrogens (tertiary/aromatic N) is 2. The molecule has 2 aromatic rings. The van der Waals surface area contributed by atoms with Crippen molar-refractivity contribution in [3.8, 4) is 5.75 Å². The molecule has 3 nitrogen and oxygen atoms in total. The van der Waals surface area contributed by atoms with E-state index in [4.69, 9.17) is 4.74 Å². The van der Waals surface area contributed by atoms with Crippen molar-refractivity contribution >= 4 is 6.21 Å². The van der Waals surface area contributed by atoms with Crippen molar-refractivity contribution in [1.82, 2.24) is 5.01 Å². The van der Waals surface area contributed by atoms with E-state index < -0.39 is 0 Å². The molecule has 98 valence electrons. The van der Waals surface area contributed by atoms with Gasteiger partial charge in [0, 0.05) is 14.1 Å². The number of rotatable bonds is 5. The summed E-state index contributed by atoms with van der Waals surface area (Å²) in [6, 6.07) is 18.0. The SMILES string of the molecule is CN(C)N=Cc1cccc(OCc2ccccc2)c1. The highest BCUT2D eigenvalue weighted by Gasteiger charge is 1.96. The maximum atomic E-state index is 5.76. The first kappa shape index (κ1) is 13.1. The third-order valence-electron chi connectivity index (χ3n) is 2.54. The van der Waals surface area contributed by atoms with Crippen molar-refractivity contribution < 1.29 is 4.74 Å². The average Bonchev–Trinajstić information content (AvgIpc) is 2.44. The fourth-order valence-corrected chi connectivity index (χ4v) is 1.61. The van der Waals surface area contributed by atoms with Crippen LogP contribution in [0.15, 0.2) is 59.7 Å². The molecule has 0 aliphatic carbocycles. The molecule has 0 aromatic heterocycles. The van der Waals surface area contributed by atoms with E-state index in [1.54, 1.807) is 5.01 Å². The topological polar surface area (TPSA) is 24.8 Å². The molecular formula is C16H18N2O. The summed E-state index contributed by atoms with van der Waals surface area (Å²) in [5.41, 5.74) is 2.19. The summed E-state index contributed by atoms with van der Waals surface area (Å²) in [5, 5.41) is 5.97. The molecule has 0 N–H and O–H groups in total. The monoisotopic (exact) mass is 254 g/mol. The van der Waals surface area contributed by atoms with Crippen LogP contribution in [0.4, 0.5) is 0 Å².